The lowest BCUT2D eigenvalue weighted by Gasteiger charge is -2.20. The first-order valence-corrected chi connectivity index (χ1v) is 9.71. The van der Waals surface area contributed by atoms with Gasteiger partial charge in [-0.3, -0.25) is 9.59 Å². The molecule has 0 bridgehead atoms. The number of ether oxygens (including phenoxy) is 3. The third-order valence-electron chi connectivity index (χ3n) is 5.38. The first-order chi connectivity index (χ1) is 13.9. The molecule has 0 aliphatic heterocycles. The summed E-state index contributed by atoms with van der Waals surface area (Å²) in [5.74, 6) is 1.54. The number of hydrogen-bond acceptors (Lipinski definition) is 5. The Bertz CT molecular complexity index is 999. The Hall–Kier alpha value is -3.02. The molecular weight excluding hydrogens is 370 g/mol. The molecule has 2 aromatic carbocycles. The van der Waals surface area contributed by atoms with Crippen molar-refractivity contribution < 1.29 is 19.0 Å². The van der Waals surface area contributed by atoms with Crippen LogP contribution in [0.5, 0.6) is 17.2 Å². The molecule has 1 amide bonds. The number of benzene rings is 1. The van der Waals surface area contributed by atoms with Gasteiger partial charge in [-0.15, -0.1) is 0 Å². The van der Waals surface area contributed by atoms with E-state index in [-0.39, 0.29) is 17.4 Å². The van der Waals surface area contributed by atoms with Crippen molar-refractivity contribution in [3.8, 4) is 28.4 Å². The summed E-state index contributed by atoms with van der Waals surface area (Å²) in [4.78, 5) is 24.4. The fourth-order valence-corrected chi connectivity index (χ4v) is 4.04. The van der Waals surface area contributed by atoms with Gasteiger partial charge in [0.15, 0.2) is 16.9 Å². The molecule has 0 saturated heterocycles. The Balaban J connectivity index is 2.42. The molecule has 6 nitrogen and oxygen atoms in total. The number of nitrogens with one attached hydrogen (secondary N) is 1. The summed E-state index contributed by atoms with van der Waals surface area (Å²) in [6, 6.07) is 7.07. The number of carbonyl (C=O) groups excluding carboxylic acids is 1. The van der Waals surface area contributed by atoms with Crippen LogP contribution in [0.3, 0.4) is 0 Å². The number of methoxy groups -OCH3 is 3. The van der Waals surface area contributed by atoms with Crippen LogP contribution >= 0.6 is 0 Å². The van der Waals surface area contributed by atoms with Crippen molar-refractivity contribution in [3.05, 3.63) is 51.2 Å². The lowest BCUT2D eigenvalue weighted by Crippen LogP contribution is -2.26. The van der Waals surface area contributed by atoms with Crippen molar-refractivity contribution in [1.82, 2.24) is 5.32 Å². The minimum atomic E-state index is -0.214. The maximum Gasteiger partial charge on any atom is 0.217 e. The molecule has 0 radical (unpaired) electrons. The minimum absolute atomic E-state index is 0.0249. The maximum absolute atomic E-state index is 12.5. The third kappa shape index (κ3) is 3.79. The molecule has 6 heteroatoms. The molecule has 1 aliphatic rings. The van der Waals surface area contributed by atoms with E-state index in [4.69, 9.17) is 14.2 Å². The van der Waals surface area contributed by atoms with Crippen LogP contribution in [0.2, 0.25) is 0 Å². The van der Waals surface area contributed by atoms with Crippen LogP contribution < -0.4 is 25.0 Å². The molecule has 0 spiro atoms. The van der Waals surface area contributed by atoms with Gasteiger partial charge in [-0.2, -0.15) is 0 Å². The number of carbonyl (C=O) groups is 1. The van der Waals surface area contributed by atoms with Crippen LogP contribution in [0.25, 0.3) is 11.1 Å². The molecule has 1 atom stereocenters. The van der Waals surface area contributed by atoms with Crippen LogP contribution in [0.1, 0.15) is 43.0 Å². The van der Waals surface area contributed by atoms with E-state index < -0.39 is 0 Å². The largest absolute Gasteiger partial charge is 0.493 e. The summed E-state index contributed by atoms with van der Waals surface area (Å²) in [5, 5.41) is 3.05. The van der Waals surface area contributed by atoms with Crippen molar-refractivity contribution in [2.75, 3.05) is 21.3 Å². The summed E-state index contributed by atoms with van der Waals surface area (Å²) >= 11 is 0. The molecule has 0 saturated carbocycles. The molecule has 1 aliphatic carbocycles. The molecule has 0 heterocycles. The van der Waals surface area contributed by atoms with E-state index in [0.717, 1.165) is 22.3 Å². The molecule has 29 heavy (non-hydrogen) atoms. The summed E-state index contributed by atoms with van der Waals surface area (Å²) in [5.41, 5.74) is 4.33. The fraction of sp³-hybridized carbons (Fsp3) is 0.391. The average molecular weight is 397 g/mol. The van der Waals surface area contributed by atoms with Gasteiger partial charge in [0.25, 0.3) is 0 Å². The van der Waals surface area contributed by atoms with E-state index >= 15 is 0 Å². The molecule has 0 unspecified atom stereocenters. The molecule has 0 fully saturated rings. The number of fused-ring (bicyclic) bond motifs is 3. The summed E-state index contributed by atoms with van der Waals surface area (Å²) in [6.45, 7) is 3.46. The molecule has 3 rings (SSSR count). The number of aryl methyl sites for hydroxylation is 2. The monoisotopic (exact) mass is 397 g/mol. The lowest BCUT2D eigenvalue weighted by molar-refractivity contribution is -0.119. The van der Waals surface area contributed by atoms with Gasteiger partial charge in [-0.1, -0.05) is 6.92 Å². The van der Waals surface area contributed by atoms with Crippen molar-refractivity contribution >= 4 is 5.91 Å². The number of hydrogen-bond donors (Lipinski definition) is 1. The second kappa shape index (κ2) is 8.55. The van der Waals surface area contributed by atoms with Crippen LogP contribution in [0, 0.1) is 0 Å². The summed E-state index contributed by atoms with van der Waals surface area (Å²) in [6.07, 6.45) is 2.02. The number of rotatable bonds is 5. The first-order valence-electron chi connectivity index (χ1n) is 9.71. The van der Waals surface area contributed by atoms with Crippen LogP contribution in [0.4, 0.5) is 0 Å². The van der Waals surface area contributed by atoms with E-state index in [1.807, 2.05) is 25.1 Å². The quantitative estimate of drug-likeness (QED) is 0.837. The number of amides is 1. The van der Waals surface area contributed by atoms with Crippen LogP contribution in [-0.2, 0) is 17.6 Å². The van der Waals surface area contributed by atoms with Crippen LogP contribution in [-0.4, -0.2) is 27.2 Å². The molecular formula is C23H27NO5. The zero-order chi connectivity index (χ0) is 21.1. The topological polar surface area (TPSA) is 73.9 Å². The predicted octanol–water partition coefficient (Wildman–Crippen LogP) is 3.43. The van der Waals surface area contributed by atoms with E-state index in [9.17, 15) is 9.59 Å². The Morgan fingerprint density at radius 2 is 1.83 bits per heavy atom. The zero-order valence-electron chi connectivity index (χ0n) is 17.5. The highest BCUT2D eigenvalue weighted by atomic mass is 16.5. The Kier molecular flexibility index (Phi) is 6.11. The first kappa shape index (κ1) is 20.7. The maximum atomic E-state index is 12.5. The molecule has 154 valence electrons. The summed E-state index contributed by atoms with van der Waals surface area (Å²) in [7, 11) is 4.75. The van der Waals surface area contributed by atoms with Crippen molar-refractivity contribution in [1.29, 1.82) is 0 Å². The van der Waals surface area contributed by atoms with Crippen LogP contribution in [0.15, 0.2) is 29.1 Å². The Morgan fingerprint density at radius 1 is 1.10 bits per heavy atom. The molecule has 2 aromatic rings. The van der Waals surface area contributed by atoms with E-state index in [2.05, 4.69) is 5.32 Å². The van der Waals surface area contributed by atoms with Gasteiger partial charge in [-0.05, 0) is 65.8 Å². The normalized spacial score (nSPS) is 14.9. The highest BCUT2D eigenvalue weighted by molar-refractivity contribution is 5.83. The third-order valence-corrected chi connectivity index (χ3v) is 5.38. The van der Waals surface area contributed by atoms with Crippen molar-refractivity contribution in [3.63, 3.8) is 0 Å². The lowest BCUT2D eigenvalue weighted by atomic mass is 9.95. The van der Waals surface area contributed by atoms with Gasteiger partial charge >= 0.3 is 0 Å². The minimum Gasteiger partial charge on any atom is -0.493 e. The van der Waals surface area contributed by atoms with Gasteiger partial charge < -0.3 is 19.5 Å². The van der Waals surface area contributed by atoms with Gasteiger partial charge in [0.05, 0.1) is 27.4 Å². The Morgan fingerprint density at radius 3 is 2.41 bits per heavy atom. The van der Waals surface area contributed by atoms with Gasteiger partial charge in [-0.25, -0.2) is 0 Å². The smallest absolute Gasteiger partial charge is 0.217 e. The van der Waals surface area contributed by atoms with E-state index in [1.54, 1.807) is 27.4 Å². The zero-order valence-corrected chi connectivity index (χ0v) is 17.5. The highest BCUT2D eigenvalue weighted by Gasteiger charge is 2.29. The summed E-state index contributed by atoms with van der Waals surface area (Å²) < 4.78 is 16.8. The van der Waals surface area contributed by atoms with E-state index in [0.29, 0.717) is 42.1 Å². The van der Waals surface area contributed by atoms with Crippen molar-refractivity contribution in [2.24, 2.45) is 0 Å². The average Bonchev–Trinajstić information content (AvgIpc) is 2.95. The van der Waals surface area contributed by atoms with Gasteiger partial charge in [0.2, 0.25) is 11.7 Å². The predicted molar refractivity (Wildman–Crippen MR) is 112 cm³/mol. The SMILES string of the molecule is CCc1cc2c(ccc1=O)-c1c(cc(OC)c(OC)c1OC)CC[C@@H]2NC(C)=O. The Labute approximate surface area is 170 Å². The van der Waals surface area contributed by atoms with Crippen molar-refractivity contribution in [2.45, 2.75) is 39.2 Å². The molecule has 1 N–H and O–H groups in total. The van der Waals surface area contributed by atoms with E-state index in [1.165, 1.54) is 6.92 Å². The fourth-order valence-electron chi connectivity index (χ4n) is 4.04. The standard InChI is InChI=1S/C23H27NO5/c1-6-14-11-17-16(8-10-19(14)26)21-15(7-9-18(17)24-13(2)25)12-20(27-3)22(28-4)23(21)29-5/h8,10-12,18H,6-7,9H2,1-5H3,(H,24,25)/t18-/m0/s1. The second-order valence-corrected chi connectivity index (χ2v) is 7.06. The molecule has 0 aromatic heterocycles. The highest BCUT2D eigenvalue weighted by Crippen LogP contribution is 2.50. The van der Waals surface area contributed by atoms with Gasteiger partial charge in [0.1, 0.15) is 0 Å². The van der Waals surface area contributed by atoms with Gasteiger partial charge in [0, 0.05) is 12.5 Å². The second-order valence-electron chi connectivity index (χ2n) is 7.06.